The molecule has 7 heteroatoms. The Morgan fingerprint density at radius 2 is 1.96 bits per heavy atom. The summed E-state index contributed by atoms with van der Waals surface area (Å²) in [6, 6.07) is 8.13. The lowest BCUT2D eigenvalue weighted by Crippen LogP contribution is -2.43. The number of para-hydroxylation sites is 1. The van der Waals surface area contributed by atoms with E-state index in [2.05, 4.69) is 26.6 Å². The van der Waals surface area contributed by atoms with Crippen molar-refractivity contribution in [2.75, 3.05) is 53.6 Å². The van der Waals surface area contributed by atoms with Crippen LogP contribution in [0.15, 0.2) is 29.3 Å². The van der Waals surface area contributed by atoms with Crippen molar-refractivity contribution in [2.45, 2.75) is 26.3 Å². The molecule has 2 N–H and O–H groups in total. The Morgan fingerprint density at radius 3 is 2.63 bits per heavy atom. The van der Waals surface area contributed by atoms with E-state index in [1.54, 1.807) is 7.11 Å². The smallest absolute Gasteiger partial charge is 0.191 e. The van der Waals surface area contributed by atoms with Crippen LogP contribution in [0.5, 0.6) is 5.75 Å². The summed E-state index contributed by atoms with van der Waals surface area (Å²) in [5.74, 6) is 2.47. The van der Waals surface area contributed by atoms with E-state index in [-0.39, 0.29) is 24.0 Å². The number of guanidine groups is 1. The quantitative estimate of drug-likeness (QED) is 0.317. The molecule has 1 saturated heterocycles. The molecule has 1 aromatic carbocycles. The van der Waals surface area contributed by atoms with Crippen molar-refractivity contribution in [3.63, 3.8) is 0 Å². The molecular formula is C20H35IN4O2. The van der Waals surface area contributed by atoms with Crippen molar-refractivity contribution in [3.05, 3.63) is 29.8 Å². The van der Waals surface area contributed by atoms with Gasteiger partial charge < -0.3 is 25.0 Å². The highest BCUT2D eigenvalue weighted by Gasteiger charge is 2.19. The van der Waals surface area contributed by atoms with Gasteiger partial charge in [0.15, 0.2) is 5.96 Å². The SMILES string of the molecule is CCOc1ccccc1CNC(=NC)NCC1CCN(CCOC)CC1.I. The molecule has 0 bridgehead atoms. The van der Waals surface area contributed by atoms with Gasteiger partial charge in [0.2, 0.25) is 0 Å². The van der Waals surface area contributed by atoms with E-state index in [1.807, 2.05) is 32.2 Å². The number of ether oxygens (including phenoxy) is 2. The highest BCUT2D eigenvalue weighted by Crippen LogP contribution is 2.18. The number of likely N-dealkylation sites (tertiary alicyclic amines) is 1. The maximum absolute atomic E-state index is 5.68. The van der Waals surface area contributed by atoms with E-state index >= 15 is 0 Å². The van der Waals surface area contributed by atoms with Gasteiger partial charge in [-0.2, -0.15) is 0 Å². The molecule has 1 aromatic rings. The Hall–Kier alpha value is -1.06. The van der Waals surface area contributed by atoms with Crippen LogP contribution in [-0.2, 0) is 11.3 Å². The van der Waals surface area contributed by atoms with E-state index < -0.39 is 0 Å². The average molecular weight is 490 g/mol. The zero-order valence-electron chi connectivity index (χ0n) is 16.9. The van der Waals surface area contributed by atoms with Gasteiger partial charge in [0.1, 0.15) is 5.75 Å². The van der Waals surface area contributed by atoms with E-state index in [4.69, 9.17) is 9.47 Å². The summed E-state index contributed by atoms with van der Waals surface area (Å²) < 4.78 is 10.8. The number of halogens is 1. The fourth-order valence-electron chi connectivity index (χ4n) is 3.22. The van der Waals surface area contributed by atoms with Crippen LogP contribution < -0.4 is 15.4 Å². The normalized spacial score (nSPS) is 15.9. The minimum atomic E-state index is 0. The summed E-state index contributed by atoms with van der Waals surface area (Å²) in [6.45, 7) is 8.52. The van der Waals surface area contributed by atoms with Gasteiger partial charge in [0, 0.05) is 39.4 Å². The standard InChI is InChI=1S/C20H34N4O2.HI/c1-4-26-19-8-6-5-7-18(19)16-23-20(21-2)22-15-17-9-11-24(12-10-17)13-14-25-3;/h5-8,17H,4,9-16H2,1-3H3,(H2,21,22,23);1H. The first-order valence-corrected chi connectivity index (χ1v) is 9.63. The molecule has 0 spiro atoms. The molecule has 0 atom stereocenters. The number of hydrogen-bond acceptors (Lipinski definition) is 4. The Labute approximate surface area is 181 Å². The van der Waals surface area contributed by atoms with E-state index in [0.717, 1.165) is 50.1 Å². The van der Waals surface area contributed by atoms with Gasteiger partial charge >= 0.3 is 0 Å². The lowest BCUT2D eigenvalue weighted by molar-refractivity contribution is 0.121. The molecule has 154 valence electrons. The van der Waals surface area contributed by atoms with Gasteiger partial charge in [0.05, 0.1) is 13.2 Å². The van der Waals surface area contributed by atoms with Crippen molar-refractivity contribution in [1.82, 2.24) is 15.5 Å². The van der Waals surface area contributed by atoms with Crippen molar-refractivity contribution < 1.29 is 9.47 Å². The Kier molecular flexibility index (Phi) is 12.4. The summed E-state index contributed by atoms with van der Waals surface area (Å²) in [5, 5.41) is 6.87. The second kappa shape index (κ2) is 14.0. The van der Waals surface area contributed by atoms with Crippen LogP contribution in [-0.4, -0.2) is 64.4 Å². The molecular weight excluding hydrogens is 455 g/mol. The Balaban J connectivity index is 0.00000364. The molecule has 27 heavy (non-hydrogen) atoms. The minimum absolute atomic E-state index is 0. The third kappa shape index (κ3) is 8.66. The van der Waals surface area contributed by atoms with Crippen molar-refractivity contribution in [3.8, 4) is 5.75 Å². The number of nitrogens with one attached hydrogen (secondary N) is 2. The molecule has 1 aliphatic heterocycles. The second-order valence-electron chi connectivity index (χ2n) is 6.63. The predicted molar refractivity (Wildman–Crippen MR) is 122 cm³/mol. The number of rotatable bonds is 9. The third-order valence-electron chi connectivity index (χ3n) is 4.82. The van der Waals surface area contributed by atoms with Crippen molar-refractivity contribution >= 4 is 29.9 Å². The predicted octanol–water partition coefficient (Wildman–Crippen LogP) is 2.73. The highest BCUT2D eigenvalue weighted by molar-refractivity contribution is 14.0. The number of nitrogens with zero attached hydrogens (tertiary/aromatic N) is 2. The van der Waals surface area contributed by atoms with Crippen LogP contribution in [0, 0.1) is 5.92 Å². The number of piperidine rings is 1. The maximum atomic E-state index is 5.68. The number of aliphatic imine (C=N–C) groups is 1. The van der Waals surface area contributed by atoms with Crippen LogP contribution >= 0.6 is 24.0 Å². The van der Waals surface area contributed by atoms with Crippen LogP contribution in [0.4, 0.5) is 0 Å². The summed E-state index contributed by atoms with van der Waals surface area (Å²) >= 11 is 0. The van der Waals surface area contributed by atoms with Gasteiger partial charge in [-0.3, -0.25) is 4.99 Å². The first-order valence-electron chi connectivity index (χ1n) is 9.63. The molecule has 1 heterocycles. The molecule has 0 aliphatic carbocycles. The maximum Gasteiger partial charge on any atom is 0.191 e. The van der Waals surface area contributed by atoms with Gasteiger partial charge in [0.25, 0.3) is 0 Å². The highest BCUT2D eigenvalue weighted by atomic mass is 127. The van der Waals surface area contributed by atoms with E-state index in [9.17, 15) is 0 Å². The number of hydrogen-bond donors (Lipinski definition) is 2. The fourth-order valence-corrected chi connectivity index (χ4v) is 3.22. The molecule has 0 amide bonds. The fraction of sp³-hybridized carbons (Fsp3) is 0.650. The average Bonchev–Trinajstić information content (AvgIpc) is 2.68. The molecule has 1 aliphatic rings. The summed E-state index contributed by atoms with van der Waals surface area (Å²) in [6.07, 6.45) is 2.45. The van der Waals surface area contributed by atoms with E-state index in [0.29, 0.717) is 19.1 Å². The van der Waals surface area contributed by atoms with Gasteiger partial charge in [-0.1, -0.05) is 18.2 Å². The van der Waals surface area contributed by atoms with Crippen LogP contribution in [0.1, 0.15) is 25.3 Å². The van der Waals surface area contributed by atoms with Crippen molar-refractivity contribution in [1.29, 1.82) is 0 Å². The third-order valence-corrected chi connectivity index (χ3v) is 4.82. The summed E-state index contributed by atoms with van der Waals surface area (Å²) in [5.41, 5.74) is 1.14. The molecule has 6 nitrogen and oxygen atoms in total. The second-order valence-corrected chi connectivity index (χ2v) is 6.63. The van der Waals surface area contributed by atoms with E-state index in [1.165, 1.54) is 12.8 Å². The zero-order valence-corrected chi connectivity index (χ0v) is 19.2. The molecule has 0 saturated carbocycles. The molecule has 0 aromatic heterocycles. The molecule has 0 radical (unpaired) electrons. The topological polar surface area (TPSA) is 58.1 Å². The van der Waals surface area contributed by atoms with Crippen LogP contribution in [0.25, 0.3) is 0 Å². The van der Waals surface area contributed by atoms with Crippen molar-refractivity contribution in [2.24, 2.45) is 10.9 Å². The molecule has 2 rings (SSSR count). The Bertz CT molecular complexity index is 549. The number of methoxy groups -OCH3 is 1. The van der Waals surface area contributed by atoms with Crippen LogP contribution in [0.2, 0.25) is 0 Å². The van der Waals surface area contributed by atoms with Gasteiger partial charge in [-0.05, 0) is 44.8 Å². The molecule has 0 unspecified atom stereocenters. The van der Waals surface area contributed by atoms with Crippen LogP contribution in [0.3, 0.4) is 0 Å². The summed E-state index contributed by atoms with van der Waals surface area (Å²) in [7, 11) is 3.58. The lowest BCUT2D eigenvalue weighted by atomic mass is 9.97. The molecule has 1 fully saturated rings. The van der Waals surface area contributed by atoms with Gasteiger partial charge in [-0.25, -0.2) is 0 Å². The lowest BCUT2D eigenvalue weighted by Gasteiger charge is -2.32. The summed E-state index contributed by atoms with van der Waals surface area (Å²) in [4.78, 5) is 6.83. The minimum Gasteiger partial charge on any atom is -0.494 e. The largest absolute Gasteiger partial charge is 0.494 e. The first kappa shape index (κ1) is 24.0. The first-order chi connectivity index (χ1) is 12.8. The monoisotopic (exact) mass is 490 g/mol. The zero-order chi connectivity index (χ0) is 18.6. The Morgan fingerprint density at radius 1 is 1.22 bits per heavy atom. The number of benzene rings is 1. The van der Waals surface area contributed by atoms with Gasteiger partial charge in [-0.15, -0.1) is 24.0 Å².